The first-order chi connectivity index (χ1) is 7.17. The van der Waals surface area contributed by atoms with Gasteiger partial charge in [-0.3, -0.25) is 4.68 Å². The molecule has 2 unspecified atom stereocenters. The van der Waals surface area contributed by atoms with E-state index in [1.165, 1.54) is 5.69 Å². The van der Waals surface area contributed by atoms with Crippen LogP contribution in [0.2, 0.25) is 0 Å². The van der Waals surface area contributed by atoms with Gasteiger partial charge in [-0.25, -0.2) is 0 Å². The summed E-state index contributed by atoms with van der Waals surface area (Å²) >= 11 is 0. The summed E-state index contributed by atoms with van der Waals surface area (Å²) in [5.41, 5.74) is 1.21. The second-order valence-corrected chi connectivity index (χ2v) is 4.27. The summed E-state index contributed by atoms with van der Waals surface area (Å²) in [6.45, 7) is 6.59. The van der Waals surface area contributed by atoms with Crippen molar-refractivity contribution in [1.29, 1.82) is 0 Å². The van der Waals surface area contributed by atoms with Crippen LogP contribution in [-0.2, 0) is 6.42 Å². The number of nitrogens with one attached hydrogen (secondary N) is 1. The maximum Gasteiger partial charge on any atom is 0.0625 e. The summed E-state index contributed by atoms with van der Waals surface area (Å²) in [5.74, 6) is 0. The molecule has 0 amide bonds. The van der Waals surface area contributed by atoms with Crippen molar-refractivity contribution in [3.05, 3.63) is 18.0 Å². The van der Waals surface area contributed by atoms with Crippen LogP contribution in [0, 0.1) is 0 Å². The zero-order valence-corrected chi connectivity index (χ0v) is 10.3. The van der Waals surface area contributed by atoms with E-state index in [1.807, 2.05) is 7.05 Å². The fourth-order valence-electron chi connectivity index (χ4n) is 1.45. The molecule has 1 heterocycles. The summed E-state index contributed by atoms with van der Waals surface area (Å²) in [6, 6.07) is 3.22. The molecular formula is C12H23N3. The Balaban J connectivity index is 2.46. The maximum absolute atomic E-state index is 4.58. The normalized spacial score (nSPS) is 15.2. The average Bonchev–Trinajstić information content (AvgIpc) is 2.73. The first-order valence-electron chi connectivity index (χ1n) is 5.88. The van der Waals surface area contributed by atoms with Crippen molar-refractivity contribution in [1.82, 2.24) is 15.1 Å². The largest absolute Gasteiger partial charge is 0.317 e. The zero-order valence-electron chi connectivity index (χ0n) is 10.3. The fourth-order valence-corrected chi connectivity index (χ4v) is 1.45. The average molecular weight is 209 g/mol. The van der Waals surface area contributed by atoms with Gasteiger partial charge in [0.05, 0.1) is 5.69 Å². The van der Waals surface area contributed by atoms with Gasteiger partial charge >= 0.3 is 0 Å². The summed E-state index contributed by atoms with van der Waals surface area (Å²) in [6.07, 6.45) is 5.43. The van der Waals surface area contributed by atoms with Crippen LogP contribution < -0.4 is 5.32 Å². The van der Waals surface area contributed by atoms with Crippen LogP contribution >= 0.6 is 0 Å². The predicted molar refractivity (Wildman–Crippen MR) is 64.1 cm³/mol. The van der Waals surface area contributed by atoms with Gasteiger partial charge < -0.3 is 5.32 Å². The van der Waals surface area contributed by atoms with Crippen molar-refractivity contribution >= 4 is 0 Å². The van der Waals surface area contributed by atoms with E-state index >= 15 is 0 Å². The lowest BCUT2D eigenvalue weighted by Gasteiger charge is -2.09. The number of aromatic nitrogens is 2. The van der Waals surface area contributed by atoms with E-state index in [9.17, 15) is 0 Å². The first kappa shape index (κ1) is 12.2. The van der Waals surface area contributed by atoms with Gasteiger partial charge in [-0.05, 0) is 46.2 Å². The molecule has 0 radical (unpaired) electrons. The number of hydrogen-bond acceptors (Lipinski definition) is 2. The van der Waals surface area contributed by atoms with E-state index in [0.717, 1.165) is 19.3 Å². The van der Waals surface area contributed by atoms with E-state index in [1.54, 1.807) is 0 Å². The highest BCUT2D eigenvalue weighted by Crippen LogP contribution is 2.10. The lowest BCUT2D eigenvalue weighted by molar-refractivity contribution is 0.470. The molecule has 1 aromatic heterocycles. The summed E-state index contributed by atoms with van der Waals surface area (Å²) < 4.78 is 2.07. The van der Waals surface area contributed by atoms with Gasteiger partial charge in [-0.2, -0.15) is 5.10 Å². The molecule has 3 nitrogen and oxygen atoms in total. The zero-order chi connectivity index (χ0) is 11.3. The Hall–Kier alpha value is -0.830. The summed E-state index contributed by atoms with van der Waals surface area (Å²) in [5, 5.41) is 7.82. The molecule has 0 aromatic carbocycles. The van der Waals surface area contributed by atoms with Gasteiger partial charge in [0.1, 0.15) is 0 Å². The van der Waals surface area contributed by atoms with E-state index in [0.29, 0.717) is 12.1 Å². The van der Waals surface area contributed by atoms with Crippen molar-refractivity contribution in [2.24, 2.45) is 0 Å². The third-order valence-corrected chi connectivity index (χ3v) is 3.03. The van der Waals surface area contributed by atoms with Gasteiger partial charge in [0.15, 0.2) is 0 Å². The van der Waals surface area contributed by atoms with E-state index in [2.05, 4.69) is 48.1 Å². The molecule has 0 aliphatic heterocycles. The lowest BCUT2D eigenvalue weighted by Crippen LogP contribution is -2.21. The molecule has 86 valence electrons. The number of rotatable bonds is 6. The molecule has 0 saturated heterocycles. The first-order valence-corrected chi connectivity index (χ1v) is 5.88. The van der Waals surface area contributed by atoms with Gasteiger partial charge in [0, 0.05) is 18.3 Å². The highest BCUT2D eigenvalue weighted by atomic mass is 15.3. The Kier molecular flexibility index (Phi) is 4.82. The Labute approximate surface area is 92.9 Å². The molecule has 1 N–H and O–H groups in total. The van der Waals surface area contributed by atoms with Crippen LogP contribution in [0.1, 0.15) is 45.3 Å². The van der Waals surface area contributed by atoms with Crippen molar-refractivity contribution in [3.8, 4) is 0 Å². The molecule has 1 aromatic rings. The smallest absolute Gasteiger partial charge is 0.0625 e. The van der Waals surface area contributed by atoms with Crippen LogP contribution in [0.4, 0.5) is 0 Å². The molecule has 0 saturated carbocycles. The maximum atomic E-state index is 4.58. The molecule has 0 aliphatic rings. The van der Waals surface area contributed by atoms with Gasteiger partial charge in [-0.1, -0.05) is 6.92 Å². The second-order valence-electron chi connectivity index (χ2n) is 4.27. The van der Waals surface area contributed by atoms with Crippen molar-refractivity contribution in [2.75, 3.05) is 7.05 Å². The third kappa shape index (κ3) is 3.67. The number of hydrogen-bond donors (Lipinski definition) is 1. The van der Waals surface area contributed by atoms with Crippen molar-refractivity contribution in [2.45, 2.75) is 52.1 Å². The van der Waals surface area contributed by atoms with Crippen molar-refractivity contribution < 1.29 is 0 Å². The molecule has 0 aliphatic carbocycles. The SMILES string of the molecule is CCC(C)n1ccc(CCC(C)NC)n1. The highest BCUT2D eigenvalue weighted by Gasteiger charge is 2.05. The standard InChI is InChI=1S/C12H23N3/c1-5-11(3)15-9-8-12(14-15)7-6-10(2)13-4/h8-11,13H,5-7H2,1-4H3. The Morgan fingerprint density at radius 1 is 1.47 bits per heavy atom. The molecule has 0 spiro atoms. The van der Waals surface area contributed by atoms with Crippen LogP contribution in [0.25, 0.3) is 0 Å². The van der Waals surface area contributed by atoms with E-state index in [4.69, 9.17) is 0 Å². The summed E-state index contributed by atoms with van der Waals surface area (Å²) in [7, 11) is 2.00. The lowest BCUT2D eigenvalue weighted by atomic mass is 10.1. The van der Waals surface area contributed by atoms with Gasteiger partial charge in [0.25, 0.3) is 0 Å². The fraction of sp³-hybridized carbons (Fsp3) is 0.750. The molecular weight excluding hydrogens is 186 g/mol. The summed E-state index contributed by atoms with van der Waals surface area (Å²) in [4.78, 5) is 0. The number of nitrogens with zero attached hydrogens (tertiary/aromatic N) is 2. The number of aryl methyl sites for hydroxylation is 1. The Bertz CT molecular complexity index is 280. The molecule has 0 fully saturated rings. The second kappa shape index (κ2) is 5.91. The molecule has 1 rings (SSSR count). The van der Waals surface area contributed by atoms with Crippen molar-refractivity contribution in [3.63, 3.8) is 0 Å². The van der Waals surface area contributed by atoms with Crippen LogP contribution in [0.5, 0.6) is 0 Å². The minimum absolute atomic E-state index is 0.514. The minimum atomic E-state index is 0.514. The van der Waals surface area contributed by atoms with Gasteiger partial charge in [-0.15, -0.1) is 0 Å². The Morgan fingerprint density at radius 3 is 2.80 bits per heavy atom. The predicted octanol–water partition coefficient (Wildman–Crippen LogP) is 2.39. The van der Waals surface area contributed by atoms with Crippen LogP contribution in [0.15, 0.2) is 12.3 Å². The quantitative estimate of drug-likeness (QED) is 0.779. The topological polar surface area (TPSA) is 29.9 Å². The highest BCUT2D eigenvalue weighted by molar-refractivity contribution is 5.00. The monoisotopic (exact) mass is 209 g/mol. The van der Waals surface area contributed by atoms with E-state index < -0.39 is 0 Å². The van der Waals surface area contributed by atoms with Gasteiger partial charge in [0.2, 0.25) is 0 Å². The van der Waals surface area contributed by atoms with Crippen LogP contribution in [-0.4, -0.2) is 22.9 Å². The third-order valence-electron chi connectivity index (χ3n) is 3.03. The minimum Gasteiger partial charge on any atom is -0.317 e. The molecule has 15 heavy (non-hydrogen) atoms. The molecule has 2 atom stereocenters. The molecule has 0 bridgehead atoms. The van der Waals surface area contributed by atoms with E-state index in [-0.39, 0.29) is 0 Å². The molecule has 3 heteroatoms. The van der Waals surface area contributed by atoms with Crippen LogP contribution in [0.3, 0.4) is 0 Å². The Morgan fingerprint density at radius 2 is 2.20 bits per heavy atom.